The van der Waals surface area contributed by atoms with Gasteiger partial charge < -0.3 is 4.23 Å². The van der Waals surface area contributed by atoms with E-state index in [1.165, 1.54) is 11.1 Å². The quantitative estimate of drug-likeness (QED) is 0.671. The monoisotopic (exact) mass is 245 g/mol. The van der Waals surface area contributed by atoms with Gasteiger partial charge in [0.2, 0.25) is 0 Å². The Kier molecular flexibility index (Phi) is 2.94. The Bertz CT molecular complexity index is 465. The highest BCUT2D eigenvalue weighted by atomic mass is 28.3. The largest absolute Gasteiger partial charge is 0.380 e. The van der Waals surface area contributed by atoms with Gasteiger partial charge in [0.1, 0.15) is 0 Å². The third-order valence-electron chi connectivity index (χ3n) is 4.59. The molecule has 0 saturated carbocycles. The molecule has 1 nitrogen and oxygen atoms in total. The fraction of sp³-hybridized carbons (Fsp3) is 0.467. The van der Waals surface area contributed by atoms with E-state index in [1.807, 2.05) is 0 Å². The van der Waals surface area contributed by atoms with E-state index in [1.54, 1.807) is 11.1 Å². The number of rotatable bonds is 2. The maximum atomic E-state index is 2.47. The molecule has 0 radical (unpaired) electrons. The molecule has 92 valence electrons. The average molecular weight is 245 g/mol. The summed E-state index contributed by atoms with van der Waals surface area (Å²) < 4.78 is 2.47. The van der Waals surface area contributed by atoms with Crippen LogP contribution in [-0.2, 0) is 0 Å². The maximum absolute atomic E-state index is 2.47. The highest BCUT2D eigenvalue weighted by molar-refractivity contribution is 6.78. The van der Waals surface area contributed by atoms with Crippen LogP contribution in [0.5, 0.6) is 0 Å². The van der Waals surface area contributed by atoms with Crippen LogP contribution in [0.2, 0.25) is 18.6 Å². The molecule has 1 aromatic rings. The lowest BCUT2D eigenvalue weighted by Gasteiger charge is -2.33. The Hall–Kier alpha value is -1.02. The van der Waals surface area contributed by atoms with E-state index in [0.29, 0.717) is 5.54 Å². The smallest absolute Gasteiger partial charge is 0.166 e. The minimum absolute atomic E-state index is 0.662. The summed E-state index contributed by atoms with van der Waals surface area (Å²) >= 11 is 0. The van der Waals surface area contributed by atoms with Crippen LogP contribution in [0.1, 0.15) is 27.7 Å². The highest BCUT2D eigenvalue weighted by Gasteiger charge is 2.40. The van der Waals surface area contributed by atoms with Gasteiger partial charge >= 0.3 is 0 Å². The molecule has 0 bridgehead atoms. The first-order valence-corrected chi connectivity index (χ1v) is 9.38. The van der Waals surface area contributed by atoms with Crippen molar-refractivity contribution in [3.63, 3.8) is 0 Å². The Morgan fingerprint density at radius 3 is 1.71 bits per heavy atom. The second-order valence-electron chi connectivity index (χ2n) is 5.79. The van der Waals surface area contributed by atoms with Gasteiger partial charge in [0.15, 0.2) is 8.24 Å². The first-order chi connectivity index (χ1) is 7.87. The number of allylic oxidation sites excluding steroid dienone is 4. The van der Waals surface area contributed by atoms with Gasteiger partial charge in [-0.2, -0.15) is 0 Å². The van der Waals surface area contributed by atoms with Crippen molar-refractivity contribution in [2.45, 2.75) is 46.3 Å². The van der Waals surface area contributed by atoms with Crippen molar-refractivity contribution in [3.8, 4) is 0 Å². The summed E-state index contributed by atoms with van der Waals surface area (Å²) in [4.78, 5) is 0. The molecule has 0 aromatic carbocycles. The summed E-state index contributed by atoms with van der Waals surface area (Å²) in [5, 5.41) is 0. The zero-order valence-electron chi connectivity index (χ0n) is 11.8. The summed E-state index contributed by atoms with van der Waals surface area (Å²) in [7, 11) is -1.50. The second-order valence-corrected chi connectivity index (χ2v) is 10.2. The lowest BCUT2D eigenvalue weighted by atomic mass is 10.1. The maximum Gasteiger partial charge on any atom is 0.166 e. The standard InChI is InChI=1S/C15H23NSi/c1-11-12(2)14(4)15(13(11)3)17(5,6)16-9-7-8-10-16/h7-10,15H,1-6H3. The van der Waals surface area contributed by atoms with Gasteiger partial charge in [0, 0.05) is 5.54 Å². The van der Waals surface area contributed by atoms with Gasteiger partial charge in [-0.3, -0.25) is 0 Å². The van der Waals surface area contributed by atoms with Crippen LogP contribution >= 0.6 is 0 Å². The van der Waals surface area contributed by atoms with Crippen molar-refractivity contribution in [1.29, 1.82) is 0 Å². The van der Waals surface area contributed by atoms with Crippen LogP contribution in [0.4, 0.5) is 0 Å². The van der Waals surface area contributed by atoms with Gasteiger partial charge in [0.25, 0.3) is 0 Å². The molecule has 0 fully saturated rings. The molecule has 2 rings (SSSR count). The van der Waals surface area contributed by atoms with Gasteiger partial charge in [-0.05, 0) is 63.4 Å². The summed E-state index contributed by atoms with van der Waals surface area (Å²) in [5.41, 5.74) is 6.87. The third-order valence-corrected chi connectivity index (χ3v) is 8.50. The van der Waals surface area contributed by atoms with Crippen molar-refractivity contribution in [3.05, 3.63) is 46.8 Å². The molecule has 0 N–H and O–H groups in total. The van der Waals surface area contributed by atoms with Crippen molar-refractivity contribution in [2.75, 3.05) is 0 Å². The average Bonchev–Trinajstić information content (AvgIpc) is 2.85. The van der Waals surface area contributed by atoms with Crippen molar-refractivity contribution in [1.82, 2.24) is 4.23 Å². The lowest BCUT2D eigenvalue weighted by molar-refractivity contribution is 0.989. The molecule has 2 heteroatoms. The van der Waals surface area contributed by atoms with E-state index < -0.39 is 8.24 Å². The molecule has 17 heavy (non-hydrogen) atoms. The fourth-order valence-corrected chi connectivity index (χ4v) is 7.07. The fourth-order valence-electron chi connectivity index (χ4n) is 3.28. The predicted octanol–water partition coefficient (Wildman–Crippen LogP) is 4.60. The highest BCUT2D eigenvalue weighted by Crippen LogP contribution is 2.46. The van der Waals surface area contributed by atoms with Crippen LogP contribution < -0.4 is 0 Å². The molecule has 0 amide bonds. The topological polar surface area (TPSA) is 4.93 Å². The Morgan fingerprint density at radius 2 is 1.29 bits per heavy atom. The Labute approximate surface area is 106 Å². The first-order valence-electron chi connectivity index (χ1n) is 6.36. The molecule has 0 atom stereocenters. The number of hydrogen-bond donors (Lipinski definition) is 0. The molecule has 1 heterocycles. The molecule has 0 saturated heterocycles. The summed E-state index contributed by atoms with van der Waals surface area (Å²) in [6, 6.07) is 4.28. The number of aromatic nitrogens is 1. The van der Waals surface area contributed by atoms with E-state index in [9.17, 15) is 0 Å². The van der Waals surface area contributed by atoms with Gasteiger partial charge in [-0.25, -0.2) is 0 Å². The van der Waals surface area contributed by atoms with Crippen LogP contribution in [-0.4, -0.2) is 12.5 Å². The Balaban J connectivity index is 2.49. The SMILES string of the molecule is CC1=C(C)C([Si](C)(C)n2cccc2)C(C)=C1C. The molecule has 1 aromatic heterocycles. The molecule has 0 spiro atoms. The molecule has 1 aliphatic carbocycles. The molecule has 0 aliphatic heterocycles. The molecular formula is C15H23NSi. The molecular weight excluding hydrogens is 222 g/mol. The third kappa shape index (κ3) is 1.75. The van der Waals surface area contributed by atoms with Crippen molar-refractivity contribution < 1.29 is 0 Å². The predicted molar refractivity (Wildman–Crippen MR) is 77.8 cm³/mol. The second kappa shape index (κ2) is 4.02. The van der Waals surface area contributed by atoms with Crippen LogP contribution in [0.25, 0.3) is 0 Å². The van der Waals surface area contributed by atoms with Crippen LogP contribution in [0, 0.1) is 0 Å². The summed E-state index contributed by atoms with van der Waals surface area (Å²) in [5.74, 6) is 0. The zero-order valence-corrected chi connectivity index (χ0v) is 12.8. The number of hydrogen-bond acceptors (Lipinski definition) is 0. The molecule has 0 unspecified atom stereocenters. The minimum Gasteiger partial charge on any atom is -0.380 e. The number of nitrogens with zero attached hydrogens (tertiary/aromatic N) is 1. The van der Waals surface area contributed by atoms with Crippen LogP contribution in [0.3, 0.4) is 0 Å². The molecule has 1 aliphatic rings. The minimum atomic E-state index is -1.50. The summed E-state index contributed by atoms with van der Waals surface area (Å²) in [6.07, 6.45) is 4.46. The van der Waals surface area contributed by atoms with Crippen molar-refractivity contribution in [2.24, 2.45) is 0 Å². The van der Waals surface area contributed by atoms with E-state index >= 15 is 0 Å². The van der Waals surface area contributed by atoms with Crippen LogP contribution in [0.15, 0.2) is 46.8 Å². The summed E-state index contributed by atoms with van der Waals surface area (Å²) in [6.45, 7) is 14.1. The normalized spacial score (nSPS) is 18.5. The van der Waals surface area contributed by atoms with E-state index in [4.69, 9.17) is 0 Å². The van der Waals surface area contributed by atoms with Gasteiger partial charge in [-0.1, -0.05) is 24.2 Å². The van der Waals surface area contributed by atoms with Gasteiger partial charge in [-0.15, -0.1) is 0 Å². The Morgan fingerprint density at radius 1 is 0.882 bits per heavy atom. The van der Waals surface area contributed by atoms with E-state index in [2.05, 4.69) is 69.5 Å². The first kappa shape index (κ1) is 12.4. The lowest BCUT2D eigenvalue weighted by Crippen LogP contribution is -2.41. The van der Waals surface area contributed by atoms with E-state index in [0.717, 1.165) is 0 Å². The van der Waals surface area contributed by atoms with Gasteiger partial charge in [0.05, 0.1) is 0 Å². The zero-order chi connectivity index (χ0) is 12.8. The van der Waals surface area contributed by atoms with E-state index in [-0.39, 0.29) is 0 Å². The van der Waals surface area contributed by atoms with Crippen molar-refractivity contribution >= 4 is 8.24 Å².